The number of hydrogen-bond donors (Lipinski definition) is 2. The van der Waals surface area contributed by atoms with Crippen LogP contribution in [0.1, 0.15) is 21.7 Å². The number of ether oxygens (including phenoxy) is 2. The first-order valence-corrected chi connectivity index (χ1v) is 6.27. The van der Waals surface area contributed by atoms with Crippen LogP contribution in [0, 0.1) is 6.92 Å². The highest BCUT2D eigenvalue weighted by Gasteiger charge is 2.09. The molecule has 2 rings (SSSR count). The third-order valence-corrected chi connectivity index (χ3v) is 2.85. The molecule has 0 radical (unpaired) electrons. The second kappa shape index (κ2) is 6.13. The Kier molecular flexibility index (Phi) is 4.27. The number of nitrogens with two attached hydrogens (primary N) is 1. The third kappa shape index (κ3) is 3.62. The quantitative estimate of drug-likeness (QED) is 0.819. The van der Waals surface area contributed by atoms with Crippen molar-refractivity contribution < 1.29 is 19.4 Å². The van der Waals surface area contributed by atoms with Gasteiger partial charge in [-0.3, -0.25) is 4.98 Å². The number of carbonyl (C=O) groups is 1. The summed E-state index contributed by atoms with van der Waals surface area (Å²) in [6.45, 7) is 2.02. The fourth-order valence-corrected chi connectivity index (χ4v) is 1.84. The normalized spacial score (nSPS) is 10.2. The van der Waals surface area contributed by atoms with Crippen molar-refractivity contribution >= 4 is 11.7 Å². The molecule has 0 saturated heterocycles. The van der Waals surface area contributed by atoms with Crippen LogP contribution in [0.3, 0.4) is 0 Å². The highest BCUT2D eigenvalue weighted by atomic mass is 16.5. The average Bonchev–Trinajstić information content (AvgIpc) is 2.45. The van der Waals surface area contributed by atoms with E-state index in [4.69, 9.17) is 20.3 Å². The lowest BCUT2D eigenvalue weighted by molar-refractivity contribution is 0.0696. The summed E-state index contributed by atoms with van der Waals surface area (Å²) in [5.41, 5.74) is 7.75. The summed E-state index contributed by atoms with van der Waals surface area (Å²) in [7, 11) is 1.58. The summed E-state index contributed by atoms with van der Waals surface area (Å²) in [6, 6.07) is 7.89. The minimum absolute atomic E-state index is 0.119. The summed E-state index contributed by atoms with van der Waals surface area (Å²) < 4.78 is 10.7. The lowest BCUT2D eigenvalue weighted by Gasteiger charge is -2.10. The molecular formula is C15H16N2O4. The molecule has 21 heavy (non-hydrogen) atoms. The number of aromatic carboxylic acids is 1. The fraction of sp³-hybridized carbons (Fsp3) is 0.200. The van der Waals surface area contributed by atoms with Crippen molar-refractivity contribution in [3.05, 3.63) is 47.3 Å². The molecule has 6 heteroatoms. The lowest BCUT2D eigenvalue weighted by Crippen LogP contribution is -2.04. The van der Waals surface area contributed by atoms with Crippen LogP contribution in [0.15, 0.2) is 30.3 Å². The largest absolute Gasteiger partial charge is 0.497 e. The SMILES string of the molecule is COc1cc(C)nc(COc2cc(C(=O)O)ccc2N)c1. The Balaban J connectivity index is 2.18. The molecule has 0 aliphatic rings. The zero-order valence-electron chi connectivity index (χ0n) is 11.8. The smallest absolute Gasteiger partial charge is 0.335 e. The third-order valence-electron chi connectivity index (χ3n) is 2.85. The predicted molar refractivity (Wildman–Crippen MR) is 77.7 cm³/mol. The van der Waals surface area contributed by atoms with Crippen LogP contribution in [-0.2, 0) is 6.61 Å². The van der Waals surface area contributed by atoms with Crippen molar-refractivity contribution in [3.63, 3.8) is 0 Å². The molecule has 110 valence electrons. The van der Waals surface area contributed by atoms with Gasteiger partial charge in [0.05, 0.1) is 24.1 Å². The van der Waals surface area contributed by atoms with Gasteiger partial charge in [-0.25, -0.2) is 4.79 Å². The van der Waals surface area contributed by atoms with Gasteiger partial charge in [0.15, 0.2) is 0 Å². The van der Waals surface area contributed by atoms with E-state index in [2.05, 4.69) is 4.98 Å². The van der Waals surface area contributed by atoms with Gasteiger partial charge in [0.1, 0.15) is 18.1 Å². The molecule has 0 saturated carbocycles. The first-order chi connectivity index (χ1) is 9.99. The number of nitrogens with zero attached hydrogens (tertiary/aromatic N) is 1. The average molecular weight is 288 g/mol. The highest BCUT2D eigenvalue weighted by Crippen LogP contribution is 2.24. The summed E-state index contributed by atoms with van der Waals surface area (Å²) >= 11 is 0. The number of hydrogen-bond acceptors (Lipinski definition) is 5. The Labute approximate surface area is 122 Å². The van der Waals surface area contributed by atoms with E-state index in [0.717, 1.165) is 5.69 Å². The zero-order chi connectivity index (χ0) is 15.4. The number of benzene rings is 1. The molecule has 0 bridgehead atoms. The molecule has 0 unspecified atom stereocenters. The molecule has 0 aliphatic carbocycles. The Morgan fingerprint density at radius 3 is 2.76 bits per heavy atom. The van der Waals surface area contributed by atoms with E-state index in [9.17, 15) is 4.79 Å². The zero-order valence-corrected chi connectivity index (χ0v) is 11.8. The van der Waals surface area contributed by atoms with Crippen molar-refractivity contribution in [3.8, 4) is 11.5 Å². The van der Waals surface area contributed by atoms with E-state index in [1.165, 1.54) is 18.2 Å². The summed E-state index contributed by atoms with van der Waals surface area (Å²) in [6.07, 6.45) is 0. The van der Waals surface area contributed by atoms with Crippen LogP contribution in [0.5, 0.6) is 11.5 Å². The Hall–Kier alpha value is -2.76. The molecule has 1 heterocycles. The van der Waals surface area contributed by atoms with Crippen LogP contribution in [0.4, 0.5) is 5.69 Å². The van der Waals surface area contributed by atoms with E-state index in [-0.39, 0.29) is 12.2 Å². The minimum atomic E-state index is -1.03. The van der Waals surface area contributed by atoms with Gasteiger partial charge in [0.2, 0.25) is 0 Å². The standard InChI is InChI=1S/C15H16N2O4/c1-9-5-12(20-2)7-11(17-9)8-21-14-6-10(15(18)19)3-4-13(14)16/h3-7H,8,16H2,1-2H3,(H,18,19). The number of carboxylic acids is 1. The van der Waals surface area contributed by atoms with E-state index in [1.54, 1.807) is 13.2 Å². The molecule has 0 amide bonds. The second-order valence-corrected chi connectivity index (χ2v) is 4.49. The first-order valence-electron chi connectivity index (χ1n) is 6.27. The van der Waals surface area contributed by atoms with Gasteiger partial charge in [-0.15, -0.1) is 0 Å². The topological polar surface area (TPSA) is 94.7 Å². The monoisotopic (exact) mass is 288 g/mol. The Morgan fingerprint density at radius 2 is 2.10 bits per heavy atom. The van der Waals surface area contributed by atoms with Crippen molar-refractivity contribution in [2.45, 2.75) is 13.5 Å². The molecule has 0 fully saturated rings. The maximum Gasteiger partial charge on any atom is 0.335 e. The number of pyridine rings is 1. The van der Waals surface area contributed by atoms with Crippen LogP contribution in [0.2, 0.25) is 0 Å². The molecule has 1 aromatic heterocycles. The number of methoxy groups -OCH3 is 1. The number of aromatic nitrogens is 1. The molecule has 2 aromatic rings. The highest BCUT2D eigenvalue weighted by molar-refractivity contribution is 5.89. The van der Waals surface area contributed by atoms with E-state index >= 15 is 0 Å². The van der Waals surface area contributed by atoms with Crippen molar-refractivity contribution in [2.24, 2.45) is 0 Å². The fourth-order valence-electron chi connectivity index (χ4n) is 1.84. The number of carboxylic acid groups (broad SMARTS) is 1. The van der Waals surface area contributed by atoms with Gasteiger partial charge in [0, 0.05) is 17.8 Å². The maximum atomic E-state index is 10.9. The molecule has 6 nitrogen and oxygen atoms in total. The lowest BCUT2D eigenvalue weighted by atomic mass is 10.2. The van der Waals surface area contributed by atoms with Crippen LogP contribution >= 0.6 is 0 Å². The molecule has 3 N–H and O–H groups in total. The number of rotatable bonds is 5. The van der Waals surface area contributed by atoms with Gasteiger partial charge in [0.25, 0.3) is 0 Å². The van der Waals surface area contributed by atoms with Crippen LogP contribution < -0.4 is 15.2 Å². The van der Waals surface area contributed by atoms with Crippen molar-refractivity contribution in [2.75, 3.05) is 12.8 Å². The van der Waals surface area contributed by atoms with E-state index in [0.29, 0.717) is 22.9 Å². The van der Waals surface area contributed by atoms with E-state index < -0.39 is 5.97 Å². The first kappa shape index (κ1) is 14.6. The minimum Gasteiger partial charge on any atom is -0.497 e. The van der Waals surface area contributed by atoms with Crippen LogP contribution in [-0.4, -0.2) is 23.2 Å². The van der Waals surface area contributed by atoms with Gasteiger partial charge < -0.3 is 20.3 Å². The van der Waals surface area contributed by atoms with Crippen molar-refractivity contribution in [1.29, 1.82) is 0 Å². The number of aryl methyl sites for hydroxylation is 1. The number of nitrogen functional groups attached to an aromatic ring is 1. The maximum absolute atomic E-state index is 10.9. The predicted octanol–water partition coefficient (Wildman–Crippen LogP) is 2.26. The van der Waals surface area contributed by atoms with Gasteiger partial charge in [-0.1, -0.05) is 0 Å². The van der Waals surface area contributed by atoms with Gasteiger partial charge in [-0.05, 0) is 25.1 Å². The Morgan fingerprint density at radius 1 is 1.33 bits per heavy atom. The molecular weight excluding hydrogens is 272 g/mol. The summed E-state index contributed by atoms with van der Waals surface area (Å²) in [5, 5.41) is 8.96. The second-order valence-electron chi connectivity index (χ2n) is 4.49. The molecule has 0 atom stereocenters. The van der Waals surface area contributed by atoms with Crippen molar-refractivity contribution in [1.82, 2.24) is 4.98 Å². The Bertz CT molecular complexity index is 671. The van der Waals surface area contributed by atoms with Gasteiger partial charge >= 0.3 is 5.97 Å². The molecule has 0 spiro atoms. The number of anilines is 1. The molecule has 1 aromatic carbocycles. The summed E-state index contributed by atoms with van der Waals surface area (Å²) in [4.78, 5) is 15.3. The van der Waals surface area contributed by atoms with Gasteiger partial charge in [-0.2, -0.15) is 0 Å². The van der Waals surface area contributed by atoms with E-state index in [1.807, 2.05) is 13.0 Å². The molecule has 0 aliphatic heterocycles. The summed E-state index contributed by atoms with van der Waals surface area (Å²) in [5.74, 6) is -0.0271. The van der Waals surface area contributed by atoms with Crippen LogP contribution in [0.25, 0.3) is 0 Å².